The molecule has 0 N–H and O–H groups in total. The number of methoxy groups -OCH3 is 1. The Balaban J connectivity index is 2.87. The molecule has 0 unspecified atom stereocenters. The molecule has 0 aliphatic rings. The molecule has 4 heteroatoms. The Morgan fingerprint density at radius 2 is 1.93 bits per heavy atom. The fourth-order valence-corrected chi connectivity index (χ4v) is 0.893. The van der Waals surface area contributed by atoms with Gasteiger partial charge in [-0.3, -0.25) is 9.78 Å². The summed E-state index contributed by atoms with van der Waals surface area (Å²) in [6, 6.07) is 3.02. The van der Waals surface area contributed by atoms with Gasteiger partial charge in [0.05, 0.1) is 7.11 Å². The predicted octanol–water partition coefficient (Wildman–Crippen LogP) is 0.993. The summed E-state index contributed by atoms with van der Waals surface area (Å²) in [4.78, 5) is 26.2. The molecular weight excluding hydrogens is 182 g/mol. The smallest absolute Gasteiger partial charge is 0.341 e. The van der Waals surface area contributed by atoms with Gasteiger partial charge in [-0.1, -0.05) is 6.58 Å². The van der Waals surface area contributed by atoms with Gasteiger partial charge in [0, 0.05) is 18.0 Å². The van der Waals surface area contributed by atoms with E-state index in [1.165, 1.54) is 31.6 Å². The second-order valence-corrected chi connectivity index (χ2v) is 2.54. The monoisotopic (exact) mass is 191 g/mol. The standard InChI is InChI=1S/C10H9NO3/c1-7(10(13)14-2)9(12)8-3-5-11-6-4-8/h3-6H,1H2,2H3. The van der Waals surface area contributed by atoms with Gasteiger partial charge in [0.2, 0.25) is 0 Å². The average Bonchev–Trinajstić information content (AvgIpc) is 2.27. The van der Waals surface area contributed by atoms with Gasteiger partial charge in [-0.2, -0.15) is 0 Å². The molecule has 0 saturated carbocycles. The quantitative estimate of drug-likeness (QED) is 0.235. The van der Waals surface area contributed by atoms with Gasteiger partial charge in [0.1, 0.15) is 5.57 Å². The van der Waals surface area contributed by atoms with Crippen molar-refractivity contribution in [2.45, 2.75) is 0 Å². The van der Waals surface area contributed by atoms with Crippen molar-refractivity contribution in [3.05, 3.63) is 42.2 Å². The van der Waals surface area contributed by atoms with Crippen LogP contribution in [-0.2, 0) is 9.53 Å². The third kappa shape index (κ3) is 2.04. The molecule has 1 aromatic heterocycles. The topological polar surface area (TPSA) is 56.3 Å². The lowest BCUT2D eigenvalue weighted by Crippen LogP contribution is -2.13. The Hall–Kier alpha value is -1.97. The molecule has 14 heavy (non-hydrogen) atoms. The van der Waals surface area contributed by atoms with Crippen molar-refractivity contribution in [1.82, 2.24) is 4.98 Å². The highest BCUT2D eigenvalue weighted by molar-refractivity contribution is 6.23. The Bertz CT molecular complexity index is 370. The fraction of sp³-hybridized carbons (Fsp3) is 0.100. The normalized spacial score (nSPS) is 9.21. The molecule has 0 aliphatic carbocycles. The van der Waals surface area contributed by atoms with Crippen molar-refractivity contribution < 1.29 is 14.3 Å². The molecule has 4 nitrogen and oxygen atoms in total. The number of hydrogen-bond acceptors (Lipinski definition) is 4. The van der Waals surface area contributed by atoms with Gasteiger partial charge in [-0.25, -0.2) is 4.79 Å². The lowest BCUT2D eigenvalue weighted by molar-refractivity contribution is -0.135. The first-order valence-corrected chi connectivity index (χ1v) is 3.88. The van der Waals surface area contributed by atoms with Crippen LogP contribution in [0.15, 0.2) is 36.7 Å². The van der Waals surface area contributed by atoms with Crippen LogP contribution in [0.1, 0.15) is 10.4 Å². The third-order valence-electron chi connectivity index (χ3n) is 1.65. The number of carbonyl (C=O) groups is 2. The summed E-state index contributed by atoms with van der Waals surface area (Å²) < 4.78 is 4.38. The maximum atomic E-state index is 11.5. The number of nitrogens with zero attached hydrogens (tertiary/aromatic N) is 1. The van der Waals surface area contributed by atoms with Crippen LogP contribution < -0.4 is 0 Å². The fourth-order valence-electron chi connectivity index (χ4n) is 0.893. The molecule has 0 aromatic carbocycles. The average molecular weight is 191 g/mol. The van der Waals surface area contributed by atoms with Crippen LogP contribution in [0, 0.1) is 0 Å². The molecule has 0 saturated heterocycles. The van der Waals surface area contributed by atoms with Crippen LogP contribution in [0.2, 0.25) is 0 Å². The van der Waals surface area contributed by atoms with E-state index in [0.717, 1.165) is 0 Å². The molecule has 1 heterocycles. The lowest BCUT2D eigenvalue weighted by atomic mass is 10.1. The maximum Gasteiger partial charge on any atom is 0.341 e. The first-order chi connectivity index (χ1) is 6.66. The summed E-state index contributed by atoms with van der Waals surface area (Å²) in [6.07, 6.45) is 2.94. The minimum atomic E-state index is -0.716. The number of carbonyl (C=O) groups excluding carboxylic acids is 2. The van der Waals surface area contributed by atoms with Crippen molar-refractivity contribution in [2.75, 3.05) is 7.11 Å². The van der Waals surface area contributed by atoms with Gasteiger partial charge >= 0.3 is 5.97 Å². The SMILES string of the molecule is C=C(C(=O)OC)C(=O)c1ccncc1. The van der Waals surface area contributed by atoms with E-state index in [1.807, 2.05) is 0 Å². The van der Waals surface area contributed by atoms with Gasteiger partial charge < -0.3 is 4.74 Å². The number of rotatable bonds is 3. The Labute approximate surface area is 81.2 Å². The number of ether oxygens (including phenoxy) is 1. The molecule has 1 aromatic rings. The summed E-state index contributed by atoms with van der Waals surface area (Å²) in [5, 5.41) is 0. The van der Waals surface area contributed by atoms with Gasteiger partial charge in [-0.15, -0.1) is 0 Å². The number of Topliss-reactive ketones (excluding diaryl/α,β-unsaturated/α-hetero) is 1. The largest absolute Gasteiger partial charge is 0.465 e. The highest BCUT2D eigenvalue weighted by atomic mass is 16.5. The number of esters is 1. The molecule has 0 amide bonds. The predicted molar refractivity (Wildman–Crippen MR) is 49.7 cm³/mol. The van der Waals surface area contributed by atoms with Crippen LogP contribution in [0.3, 0.4) is 0 Å². The Morgan fingerprint density at radius 3 is 2.43 bits per heavy atom. The van der Waals surface area contributed by atoms with Gasteiger partial charge in [0.25, 0.3) is 0 Å². The highest BCUT2D eigenvalue weighted by Gasteiger charge is 2.17. The molecule has 0 aliphatic heterocycles. The zero-order chi connectivity index (χ0) is 10.6. The maximum absolute atomic E-state index is 11.5. The number of pyridine rings is 1. The Kier molecular flexibility index (Phi) is 3.12. The highest BCUT2D eigenvalue weighted by Crippen LogP contribution is 2.06. The summed E-state index contributed by atoms with van der Waals surface area (Å²) in [5.74, 6) is -1.16. The van der Waals surface area contributed by atoms with Gasteiger partial charge in [0.15, 0.2) is 5.78 Å². The van der Waals surface area contributed by atoms with Gasteiger partial charge in [-0.05, 0) is 12.1 Å². The molecule has 0 bridgehead atoms. The second-order valence-electron chi connectivity index (χ2n) is 2.54. The van der Waals surface area contributed by atoms with Crippen LogP contribution in [-0.4, -0.2) is 23.8 Å². The minimum Gasteiger partial charge on any atom is -0.465 e. The molecule has 0 spiro atoms. The molecular formula is C10H9NO3. The molecule has 1 rings (SSSR count). The first-order valence-electron chi connectivity index (χ1n) is 3.88. The summed E-state index contributed by atoms with van der Waals surface area (Å²) >= 11 is 0. The van der Waals surface area contributed by atoms with Crippen molar-refractivity contribution in [1.29, 1.82) is 0 Å². The zero-order valence-corrected chi connectivity index (χ0v) is 7.69. The molecule has 0 fully saturated rings. The summed E-state index contributed by atoms with van der Waals surface area (Å²) in [5.41, 5.74) is 0.189. The molecule has 0 radical (unpaired) electrons. The van der Waals surface area contributed by atoms with Crippen LogP contribution in [0.4, 0.5) is 0 Å². The van der Waals surface area contributed by atoms with Crippen molar-refractivity contribution in [2.24, 2.45) is 0 Å². The van der Waals surface area contributed by atoms with E-state index in [1.54, 1.807) is 0 Å². The number of hydrogen-bond donors (Lipinski definition) is 0. The second kappa shape index (κ2) is 4.32. The van der Waals surface area contributed by atoms with E-state index >= 15 is 0 Å². The number of ketones is 1. The van der Waals surface area contributed by atoms with Crippen molar-refractivity contribution >= 4 is 11.8 Å². The van der Waals surface area contributed by atoms with Crippen molar-refractivity contribution in [3.63, 3.8) is 0 Å². The van der Waals surface area contributed by atoms with E-state index in [0.29, 0.717) is 5.56 Å². The third-order valence-corrected chi connectivity index (χ3v) is 1.65. The van der Waals surface area contributed by atoms with E-state index < -0.39 is 11.8 Å². The van der Waals surface area contributed by atoms with E-state index in [2.05, 4.69) is 16.3 Å². The van der Waals surface area contributed by atoms with Crippen LogP contribution in [0.25, 0.3) is 0 Å². The summed E-state index contributed by atoms with van der Waals surface area (Å²) in [6.45, 7) is 3.36. The van der Waals surface area contributed by atoms with Crippen LogP contribution in [0.5, 0.6) is 0 Å². The van der Waals surface area contributed by atoms with E-state index in [4.69, 9.17) is 0 Å². The number of aromatic nitrogens is 1. The van der Waals surface area contributed by atoms with Crippen molar-refractivity contribution in [3.8, 4) is 0 Å². The summed E-state index contributed by atoms with van der Waals surface area (Å²) in [7, 11) is 1.20. The van der Waals surface area contributed by atoms with E-state index in [-0.39, 0.29) is 5.57 Å². The molecule has 0 atom stereocenters. The lowest BCUT2D eigenvalue weighted by Gasteiger charge is -2.01. The molecule has 72 valence electrons. The van der Waals surface area contributed by atoms with E-state index in [9.17, 15) is 9.59 Å². The minimum absolute atomic E-state index is 0.182. The van der Waals surface area contributed by atoms with Crippen LogP contribution >= 0.6 is 0 Å². The Morgan fingerprint density at radius 1 is 1.36 bits per heavy atom. The first kappa shape index (κ1) is 10.1. The zero-order valence-electron chi connectivity index (χ0n) is 7.69.